The molecule has 1 aromatic rings. The molecule has 2 N–H and O–H groups in total. The van der Waals surface area contributed by atoms with Crippen molar-refractivity contribution >= 4 is 5.91 Å². The fraction of sp³-hybridized carbons (Fsp3) is 0.500. The molecule has 0 unspecified atom stereocenters. The third-order valence-electron chi connectivity index (χ3n) is 3.62. The summed E-state index contributed by atoms with van der Waals surface area (Å²) in [5.41, 5.74) is 6.51. The number of hydrogen-bond donors (Lipinski definition) is 1. The molecule has 1 aliphatic rings. The van der Waals surface area contributed by atoms with Crippen molar-refractivity contribution in [2.45, 2.75) is 19.4 Å². The topological polar surface area (TPSA) is 55.6 Å². The quantitative estimate of drug-likeness (QED) is 0.856. The number of amides is 1. The van der Waals surface area contributed by atoms with E-state index < -0.39 is 0 Å². The Morgan fingerprint density at radius 1 is 1.39 bits per heavy atom. The molecule has 18 heavy (non-hydrogen) atoms. The van der Waals surface area contributed by atoms with Crippen molar-refractivity contribution in [3.63, 3.8) is 0 Å². The minimum atomic E-state index is -0.263. The lowest BCUT2D eigenvalue weighted by molar-refractivity contribution is -0.135. The lowest BCUT2D eigenvalue weighted by Gasteiger charge is -2.22. The first-order chi connectivity index (χ1) is 8.61. The van der Waals surface area contributed by atoms with Crippen LogP contribution in [0, 0.1) is 5.41 Å². The summed E-state index contributed by atoms with van der Waals surface area (Å²) in [6.45, 7) is 1.07. The van der Waals surface area contributed by atoms with Gasteiger partial charge in [0.2, 0.25) is 5.91 Å². The minimum absolute atomic E-state index is 0.167. The molecule has 0 aliphatic heterocycles. The van der Waals surface area contributed by atoms with E-state index in [-0.39, 0.29) is 11.3 Å². The molecule has 0 atom stereocenters. The van der Waals surface area contributed by atoms with Gasteiger partial charge in [0.1, 0.15) is 5.75 Å². The van der Waals surface area contributed by atoms with E-state index in [2.05, 4.69) is 0 Å². The van der Waals surface area contributed by atoms with Gasteiger partial charge >= 0.3 is 0 Å². The second-order valence-corrected chi connectivity index (χ2v) is 4.99. The molecular weight excluding hydrogens is 228 g/mol. The van der Waals surface area contributed by atoms with Crippen LogP contribution in [0.25, 0.3) is 0 Å². The average molecular weight is 248 g/mol. The molecule has 4 heteroatoms. The van der Waals surface area contributed by atoms with Gasteiger partial charge in [-0.25, -0.2) is 0 Å². The molecule has 2 rings (SSSR count). The normalized spacial score (nSPS) is 16.2. The summed E-state index contributed by atoms with van der Waals surface area (Å²) in [5, 5.41) is 0. The SMILES string of the molecule is COc1ccc(CN(C)C(=O)C2(CN)CC2)cc1. The van der Waals surface area contributed by atoms with Crippen molar-refractivity contribution in [1.29, 1.82) is 0 Å². The van der Waals surface area contributed by atoms with Crippen molar-refractivity contribution < 1.29 is 9.53 Å². The van der Waals surface area contributed by atoms with E-state index in [1.165, 1.54) is 0 Å². The standard InChI is InChI=1S/C14H20N2O2/c1-16(13(17)14(10-15)7-8-14)9-11-3-5-12(18-2)6-4-11/h3-6H,7-10,15H2,1-2H3. The Morgan fingerprint density at radius 3 is 2.44 bits per heavy atom. The Kier molecular flexibility index (Phi) is 3.57. The number of rotatable bonds is 5. The van der Waals surface area contributed by atoms with Crippen LogP contribution in [0.3, 0.4) is 0 Å². The van der Waals surface area contributed by atoms with E-state index in [0.717, 1.165) is 24.2 Å². The molecule has 1 amide bonds. The summed E-state index contributed by atoms with van der Waals surface area (Å²) in [4.78, 5) is 14.0. The number of methoxy groups -OCH3 is 1. The van der Waals surface area contributed by atoms with E-state index in [4.69, 9.17) is 10.5 Å². The molecule has 1 saturated carbocycles. The maximum absolute atomic E-state index is 12.2. The highest BCUT2D eigenvalue weighted by atomic mass is 16.5. The number of hydrogen-bond acceptors (Lipinski definition) is 3. The monoisotopic (exact) mass is 248 g/mol. The van der Waals surface area contributed by atoms with Gasteiger partial charge in [-0.1, -0.05) is 12.1 Å². The lowest BCUT2D eigenvalue weighted by Crippen LogP contribution is -2.37. The number of carbonyl (C=O) groups excluding carboxylic acids is 1. The zero-order chi connectivity index (χ0) is 13.2. The van der Waals surface area contributed by atoms with Gasteiger partial charge in [0, 0.05) is 20.1 Å². The van der Waals surface area contributed by atoms with Gasteiger partial charge in [-0.2, -0.15) is 0 Å². The van der Waals surface area contributed by atoms with Gasteiger partial charge in [-0.05, 0) is 30.5 Å². The van der Waals surface area contributed by atoms with Crippen molar-refractivity contribution in [3.05, 3.63) is 29.8 Å². The predicted molar refractivity (Wildman–Crippen MR) is 70.2 cm³/mol. The number of benzene rings is 1. The zero-order valence-electron chi connectivity index (χ0n) is 11.0. The first-order valence-corrected chi connectivity index (χ1v) is 6.20. The van der Waals surface area contributed by atoms with Gasteiger partial charge in [0.15, 0.2) is 0 Å². The lowest BCUT2D eigenvalue weighted by atomic mass is 10.1. The highest BCUT2D eigenvalue weighted by Crippen LogP contribution is 2.46. The Hall–Kier alpha value is -1.55. The molecule has 1 aromatic carbocycles. The molecule has 0 bridgehead atoms. The maximum Gasteiger partial charge on any atom is 0.230 e. The summed E-state index contributed by atoms with van der Waals surface area (Å²) in [5.74, 6) is 0.995. The van der Waals surface area contributed by atoms with Crippen molar-refractivity contribution in [3.8, 4) is 5.75 Å². The van der Waals surface area contributed by atoms with Crippen LogP contribution in [0.4, 0.5) is 0 Å². The second kappa shape index (κ2) is 4.98. The van der Waals surface area contributed by atoms with Crippen LogP contribution in [-0.2, 0) is 11.3 Å². The largest absolute Gasteiger partial charge is 0.497 e. The van der Waals surface area contributed by atoms with Crippen LogP contribution >= 0.6 is 0 Å². The van der Waals surface area contributed by atoms with Crippen LogP contribution in [0.15, 0.2) is 24.3 Å². The molecule has 98 valence electrons. The molecule has 0 radical (unpaired) electrons. The van der Waals surface area contributed by atoms with Crippen LogP contribution in [-0.4, -0.2) is 31.5 Å². The highest BCUT2D eigenvalue weighted by molar-refractivity contribution is 5.85. The third kappa shape index (κ3) is 2.48. The van der Waals surface area contributed by atoms with E-state index in [9.17, 15) is 4.79 Å². The predicted octanol–water partition coefficient (Wildman–Crippen LogP) is 1.39. The van der Waals surface area contributed by atoms with Gasteiger partial charge in [-0.3, -0.25) is 4.79 Å². The first kappa shape index (κ1) is 12.9. The van der Waals surface area contributed by atoms with Gasteiger partial charge in [0.05, 0.1) is 12.5 Å². The number of carbonyl (C=O) groups is 1. The summed E-state index contributed by atoms with van der Waals surface area (Å²) < 4.78 is 5.11. The van der Waals surface area contributed by atoms with Gasteiger partial charge < -0.3 is 15.4 Å². The molecule has 0 aromatic heterocycles. The second-order valence-electron chi connectivity index (χ2n) is 4.99. The van der Waals surface area contributed by atoms with Crippen LogP contribution < -0.4 is 10.5 Å². The highest BCUT2D eigenvalue weighted by Gasteiger charge is 2.49. The fourth-order valence-electron chi connectivity index (χ4n) is 2.14. The van der Waals surface area contributed by atoms with Crippen LogP contribution in [0.2, 0.25) is 0 Å². The summed E-state index contributed by atoms with van der Waals surface area (Å²) >= 11 is 0. The molecular formula is C14H20N2O2. The fourth-order valence-corrected chi connectivity index (χ4v) is 2.14. The molecule has 0 heterocycles. The number of ether oxygens (including phenoxy) is 1. The summed E-state index contributed by atoms with van der Waals surface area (Å²) in [6.07, 6.45) is 1.85. The summed E-state index contributed by atoms with van der Waals surface area (Å²) in [7, 11) is 3.48. The molecule has 0 spiro atoms. The molecule has 4 nitrogen and oxygen atoms in total. The zero-order valence-corrected chi connectivity index (χ0v) is 11.0. The molecule has 1 fully saturated rings. The Balaban J connectivity index is 1.98. The summed E-state index contributed by atoms with van der Waals surface area (Å²) in [6, 6.07) is 7.77. The van der Waals surface area contributed by atoms with E-state index in [0.29, 0.717) is 13.1 Å². The third-order valence-corrected chi connectivity index (χ3v) is 3.62. The minimum Gasteiger partial charge on any atom is -0.497 e. The van der Waals surface area contributed by atoms with Gasteiger partial charge in [0.25, 0.3) is 0 Å². The van der Waals surface area contributed by atoms with E-state index in [1.807, 2.05) is 31.3 Å². The number of nitrogens with zero attached hydrogens (tertiary/aromatic N) is 1. The van der Waals surface area contributed by atoms with Crippen LogP contribution in [0.5, 0.6) is 5.75 Å². The van der Waals surface area contributed by atoms with Gasteiger partial charge in [-0.15, -0.1) is 0 Å². The molecule has 0 saturated heterocycles. The average Bonchev–Trinajstić information content (AvgIpc) is 3.19. The number of nitrogens with two attached hydrogens (primary N) is 1. The molecule has 1 aliphatic carbocycles. The van der Waals surface area contributed by atoms with Crippen molar-refractivity contribution in [2.75, 3.05) is 20.7 Å². The Labute approximate surface area is 108 Å². The van der Waals surface area contributed by atoms with Crippen molar-refractivity contribution in [1.82, 2.24) is 4.90 Å². The van der Waals surface area contributed by atoms with E-state index >= 15 is 0 Å². The smallest absolute Gasteiger partial charge is 0.230 e. The van der Waals surface area contributed by atoms with Crippen LogP contribution in [0.1, 0.15) is 18.4 Å². The maximum atomic E-state index is 12.2. The van der Waals surface area contributed by atoms with Crippen molar-refractivity contribution in [2.24, 2.45) is 11.1 Å². The Morgan fingerprint density at radius 2 is 2.00 bits per heavy atom. The Bertz CT molecular complexity index is 424. The van der Waals surface area contributed by atoms with E-state index in [1.54, 1.807) is 12.0 Å². The first-order valence-electron chi connectivity index (χ1n) is 6.20.